The average molecular weight is 692 g/mol. The Morgan fingerprint density at radius 2 is 1.47 bits per heavy atom. The van der Waals surface area contributed by atoms with Crippen molar-refractivity contribution in [3.63, 3.8) is 0 Å². The minimum Gasteiger partial charge on any atom is -0.457 e. The number of ether oxygens (including phenoxy) is 2. The van der Waals surface area contributed by atoms with E-state index in [9.17, 15) is 18.8 Å². The first-order valence-corrected chi connectivity index (χ1v) is 16.9. The molecule has 12 nitrogen and oxygen atoms in total. The first kappa shape index (κ1) is 33.6. The number of benzene rings is 3. The number of hydrogen-bond acceptors (Lipinski definition) is 8. The number of fused-ring (bicyclic) bond motifs is 1. The molecular weight excluding hydrogens is 653 g/mol. The summed E-state index contributed by atoms with van der Waals surface area (Å²) in [6.45, 7) is 6.80. The van der Waals surface area contributed by atoms with Gasteiger partial charge in [-0.1, -0.05) is 0 Å². The second-order valence-corrected chi connectivity index (χ2v) is 13.9. The molecule has 2 N–H and O–H groups in total. The third-order valence-corrected chi connectivity index (χ3v) is 8.97. The molecule has 13 heteroatoms. The van der Waals surface area contributed by atoms with Crippen molar-refractivity contribution in [1.29, 1.82) is 0 Å². The van der Waals surface area contributed by atoms with Crippen LogP contribution in [-0.2, 0) is 14.3 Å². The minimum absolute atomic E-state index is 0.160. The van der Waals surface area contributed by atoms with Gasteiger partial charge in [0.1, 0.15) is 28.3 Å². The van der Waals surface area contributed by atoms with Crippen molar-refractivity contribution in [2.24, 2.45) is 5.41 Å². The quantitative estimate of drug-likeness (QED) is 0.161. The van der Waals surface area contributed by atoms with E-state index in [0.717, 1.165) is 18.4 Å². The monoisotopic (exact) mass is 691 g/mol. The lowest BCUT2D eigenvalue weighted by atomic mass is 10.0. The van der Waals surface area contributed by atoms with E-state index < -0.39 is 28.6 Å². The zero-order valence-corrected chi connectivity index (χ0v) is 28.6. The van der Waals surface area contributed by atoms with Crippen LogP contribution in [0.25, 0.3) is 22.3 Å². The van der Waals surface area contributed by atoms with Crippen molar-refractivity contribution < 1.29 is 28.2 Å². The summed E-state index contributed by atoms with van der Waals surface area (Å²) in [5.74, 6) is -0.109. The summed E-state index contributed by atoms with van der Waals surface area (Å²) in [4.78, 5) is 49.6. The average Bonchev–Trinajstić information content (AvgIpc) is 3.79. The first-order valence-electron chi connectivity index (χ1n) is 16.9. The fourth-order valence-corrected chi connectivity index (χ4v) is 5.96. The van der Waals surface area contributed by atoms with Crippen molar-refractivity contribution >= 4 is 40.3 Å². The van der Waals surface area contributed by atoms with E-state index in [1.807, 2.05) is 49.8 Å². The number of likely N-dealkylation sites (tertiary alicyclic amines) is 1. The van der Waals surface area contributed by atoms with Crippen LogP contribution in [0.5, 0.6) is 11.5 Å². The van der Waals surface area contributed by atoms with Crippen molar-refractivity contribution in [2.45, 2.75) is 58.1 Å². The summed E-state index contributed by atoms with van der Waals surface area (Å²) >= 11 is 0. The SMILES string of the molecule is CC(C)(C)OC(=O)N1CCC(n2cc(-c3cnc4ccc(Oc5ccc(NC(=O)C6(C(=O)Nc7ccc(F)cc7)CC6)cc5)cc4n3)cn2)CC1. The molecule has 1 saturated carbocycles. The fraction of sp³-hybridized carbons (Fsp3) is 0.316. The van der Waals surface area contributed by atoms with Crippen molar-refractivity contribution in [1.82, 2.24) is 24.6 Å². The van der Waals surface area contributed by atoms with Gasteiger partial charge in [0.25, 0.3) is 0 Å². The van der Waals surface area contributed by atoms with Gasteiger partial charge in [-0.15, -0.1) is 0 Å². The first-order chi connectivity index (χ1) is 24.4. The maximum Gasteiger partial charge on any atom is 0.410 e. The van der Waals surface area contributed by atoms with E-state index in [0.29, 0.717) is 65.5 Å². The van der Waals surface area contributed by atoms with Gasteiger partial charge in [0.15, 0.2) is 0 Å². The Kier molecular flexibility index (Phi) is 8.88. The van der Waals surface area contributed by atoms with E-state index in [2.05, 4.69) is 20.7 Å². The van der Waals surface area contributed by atoms with Crippen LogP contribution in [0, 0.1) is 11.2 Å². The van der Waals surface area contributed by atoms with Crippen LogP contribution in [0.15, 0.2) is 85.3 Å². The predicted octanol–water partition coefficient (Wildman–Crippen LogP) is 7.35. The van der Waals surface area contributed by atoms with Gasteiger partial charge >= 0.3 is 6.09 Å². The molecule has 3 amide bonds. The Balaban J connectivity index is 0.959. The zero-order valence-electron chi connectivity index (χ0n) is 28.6. The molecular formula is C38H38FN7O5. The van der Waals surface area contributed by atoms with Crippen LogP contribution in [0.1, 0.15) is 52.5 Å². The molecule has 0 bridgehead atoms. The fourth-order valence-electron chi connectivity index (χ4n) is 5.96. The number of piperidine rings is 1. The van der Waals surface area contributed by atoms with Gasteiger partial charge in [0.05, 0.1) is 35.2 Å². The zero-order chi connectivity index (χ0) is 35.8. The Hall–Kier alpha value is -5.85. The van der Waals surface area contributed by atoms with Crippen LogP contribution in [0.3, 0.4) is 0 Å². The molecule has 0 spiro atoms. The molecule has 3 aromatic carbocycles. The smallest absolute Gasteiger partial charge is 0.410 e. The van der Waals surface area contributed by atoms with Gasteiger partial charge in [-0.05, 0) is 107 Å². The van der Waals surface area contributed by atoms with Gasteiger partial charge in [-0.25, -0.2) is 14.2 Å². The highest BCUT2D eigenvalue weighted by molar-refractivity contribution is 6.16. The largest absolute Gasteiger partial charge is 0.457 e. The molecule has 0 unspecified atom stereocenters. The molecule has 2 fully saturated rings. The predicted molar refractivity (Wildman–Crippen MR) is 189 cm³/mol. The summed E-state index contributed by atoms with van der Waals surface area (Å²) in [5.41, 5.74) is 2.15. The molecule has 0 radical (unpaired) electrons. The van der Waals surface area contributed by atoms with Crippen LogP contribution in [-0.4, -0.2) is 61.2 Å². The molecule has 2 aliphatic rings. The topological polar surface area (TPSA) is 141 Å². The lowest BCUT2D eigenvalue weighted by Gasteiger charge is -2.33. The summed E-state index contributed by atoms with van der Waals surface area (Å²) in [7, 11) is 0. The lowest BCUT2D eigenvalue weighted by molar-refractivity contribution is -0.131. The highest BCUT2D eigenvalue weighted by Crippen LogP contribution is 2.47. The Bertz CT molecular complexity index is 2080. The molecule has 7 rings (SSSR count). The molecule has 51 heavy (non-hydrogen) atoms. The number of carbonyl (C=O) groups excluding carboxylic acids is 3. The van der Waals surface area contributed by atoms with Crippen molar-refractivity contribution in [3.8, 4) is 22.8 Å². The lowest BCUT2D eigenvalue weighted by Crippen LogP contribution is -2.42. The third kappa shape index (κ3) is 7.67. The number of amides is 3. The molecule has 2 aromatic heterocycles. The highest BCUT2D eigenvalue weighted by atomic mass is 19.1. The maximum absolute atomic E-state index is 13.2. The number of nitrogens with zero attached hydrogens (tertiary/aromatic N) is 5. The number of aromatic nitrogens is 4. The van der Waals surface area contributed by atoms with E-state index >= 15 is 0 Å². The van der Waals surface area contributed by atoms with Gasteiger partial charge in [0, 0.05) is 42.3 Å². The molecule has 1 saturated heterocycles. The molecule has 0 atom stereocenters. The molecule has 1 aliphatic heterocycles. The second kappa shape index (κ2) is 13.5. The normalized spacial score (nSPS) is 15.6. The minimum atomic E-state index is -1.16. The van der Waals surface area contributed by atoms with Crippen molar-refractivity contribution in [3.05, 3.63) is 91.1 Å². The summed E-state index contributed by atoms with van der Waals surface area (Å²) in [5, 5.41) is 10.1. The van der Waals surface area contributed by atoms with Gasteiger partial charge in [0.2, 0.25) is 11.8 Å². The van der Waals surface area contributed by atoms with E-state index in [4.69, 9.17) is 14.5 Å². The Morgan fingerprint density at radius 1 is 0.843 bits per heavy atom. The van der Waals surface area contributed by atoms with Crippen molar-refractivity contribution in [2.75, 3.05) is 23.7 Å². The Labute approximate surface area is 294 Å². The molecule has 5 aromatic rings. The number of halogens is 1. The molecule has 1 aliphatic carbocycles. The second-order valence-electron chi connectivity index (χ2n) is 13.9. The van der Waals surface area contributed by atoms with Crippen LogP contribution in [0.4, 0.5) is 20.6 Å². The van der Waals surface area contributed by atoms with Gasteiger partial charge in [-0.3, -0.25) is 19.3 Å². The summed E-state index contributed by atoms with van der Waals surface area (Å²) in [6, 6.07) is 17.9. The van der Waals surface area contributed by atoms with E-state index in [1.165, 1.54) is 24.3 Å². The summed E-state index contributed by atoms with van der Waals surface area (Å²) < 4.78 is 26.8. The summed E-state index contributed by atoms with van der Waals surface area (Å²) in [6.07, 6.45) is 7.59. The number of carbonyl (C=O) groups is 3. The maximum atomic E-state index is 13.2. The van der Waals surface area contributed by atoms with E-state index in [1.54, 1.807) is 41.6 Å². The number of rotatable bonds is 8. The molecule has 3 heterocycles. The standard InChI is InChI=1S/C38H38FN7O5/c1-37(2,3)51-36(49)45-18-14-28(15-19-45)46-23-24(21-41-46)33-22-40-31-13-12-30(20-32(31)44-33)50-29-10-8-27(9-11-29)43-35(48)38(16-17-38)34(47)42-26-6-4-25(39)5-7-26/h4-13,20-23,28H,14-19H2,1-3H3,(H,42,47)(H,43,48). The van der Waals surface area contributed by atoms with Crippen LogP contribution in [0.2, 0.25) is 0 Å². The highest BCUT2D eigenvalue weighted by Gasteiger charge is 2.56. The number of nitrogens with one attached hydrogen (secondary N) is 2. The Morgan fingerprint density at radius 3 is 2.10 bits per heavy atom. The van der Waals surface area contributed by atoms with Crippen LogP contribution < -0.4 is 15.4 Å². The van der Waals surface area contributed by atoms with E-state index in [-0.39, 0.29) is 12.1 Å². The number of hydrogen-bond donors (Lipinski definition) is 2. The third-order valence-electron chi connectivity index (χ3n) is 8.97. The van der Waals surface area contributed by atoms with Gasteiger partial charge in [-0.2, -0.15) is 5.10 Å². The van der Waals surface area contributed by atoms with Crippen LogP contribution >= 0.6 is 0 Å². The molecule has 262 valence electrons. The van der Waals surface area contributed by atoms with Gasteiger partial charge < -0.3 is 25.0 Å². The number of anilines is 2.